The molecule has 0 radical (unpaired) electrons. The molecule has 0 spiro atoms. The number of carbonyl (C=O) groups is 1. The third kappa shape index (κ3) is 5.05. The fraction of sp³-hybridized carbons (Fsp3) is 0.190. The molecule has 0 aliphatic carbocycles. The first-order valence-electron chi connectivity index (χ1n) is 8.56. The van der Waals surface area contributed by atoms with Gasteiger partial charge < -0.3 is 10.0 Å². The largest absolute Gasteiger partial charge is 0.508 e. The molecule has 0 unspecified atom stereocenters. The Balaban J connectivity index is 1.83. The molecule has 6 heteroatoms. The van der Waals surface area contributed by atoms with Crippen molar-refractivity contribution in [1.82, 2.24) is 14.9 Å². The molecule has 0 aliphatic heterocycles. The first-order chi connectivity index (χ1) is 13.0. The van der Waals surface area contributed by atoms with E-state index in [1.165, 1.54) is 0 Å². The van der Waals surface area contributed by atoms with Crippen molar-refractivity contribution < 1.29 is 9.90 Å². The number of halogens is 1. The summed E-state index contributed by atoms with van der Waals surface area (Å²) in [5, 5.41) is 10.5. The minimum Gasteiger partial charge on any atom is -0.508 e. The summed E-state index contributed by atoms with van der Waals surface area (Å²) in [4.78, 5) is 22.7. The van der Waals surface area contributed by atoms with E-state index >= 15 is 0 Å². The molecule has 1 heterocycles. The predicted octanol–water partition coefficient (Wildman–Crippen LogP) is 4.02. The van der Waals surface area contributed by atoms with Crippen LogP contribution < -0.4 is 0 Å². The molecule has 0 fully saturated rings. The maximum absolute atomic E-state index is 12.9. The number of phenolic OH excluding ortho intramolecular Hbond substituents is 1. The molecule has 3 rings (SSSR count). The number of aromatic nitrogens is 2. The summed E-state index contributed by atoms with van der Waals surface area (Å²) in [5.74, 6) is -0.0820. The van der Waals surface area contributed by atoms with E-state index in [2.05, 4.69) is 9.97 Å². The monoisotopic (exact) mass is 381 g/mol. The summed E-state index contributed by atoms with van der Waals surface area (Å²) in [6.07, 6.45) is 5.10. The van der Waals surface area contributed by atoms with Crippen molar-refractivity contribution in [3.63, 3.8) is 0 Å². The zero-order valence-corrected chi connectivity index (χ0v) is 15.7. The van der Waals surface area contributed by atoms with Gasteiger partial charge in [0.15, 0.2) is 0 Å². The van der Waals surface area contributed by atoms with Crippen molar-refractivity contribution in [2.75, 3.05) is 7.05 Å². The van der Waals surface area contributed by atoms with E-state index in [-0.39, 0.29) is 24.0 Å². The Hall–Kier alpha value is -2.92. The van der Waals surface area contributed by atoms with Crippen LogP contribution in [0.15, 0.2) is 67.1 Å². The fourth-order valence-electron chi connectivity index (χ4n) is 2.97. The van der Waals surface area contributed by atoms with Gasteiger partial charge in [-0.3, -0.25) is 14.8 Å². The zero-order valence-electron chi connectivity index (χ0n) is 14.9. The highest BCUT2D eigenvalue weighted by Crippen LogP contribution is 2.32. The minimum atomic E-state index is -0.215. The number of hydrogen-bond donors (Lipinski definition) is 1. The van der Waals surface area contributed by atoms with Gasteiger partial charge in [-0.25, -0.2) is 0 Å². The van der Waals surface area contributed by atoms with Crippen molar-refractivity contribution in [3.05, 3.63) is 89.0 Å². The Bertz CT molecular complexity index is 873. The molecular formula is C21H20ClN3O2. The molecule has 138 valence electrons. The van der Waals surface area contributed by atoms with Crippen molar-refractivity contribution in [3.8, 4) is 5.75 Å². The Labute approximate surface area is 163 Å². The van der Waals surface area contributed by atoms with Crippen LogP contribution >= 0.6 is 11.6 Å². The predicted molar refractivity (Wildman–Crippen MR) is 105 cm³/mol. The lowest BCUT2D eigenvalue weighted by Crippen LogP contribution is -2.28. The summed E-state index contributed by atoms with van der Waals surface area (Å²) in [6, 6.07) is 14.4. The molecule has 0 saturated heterocycles. The first-order valence-corrected chi connectivity index (χ1v) is 8.94. The molecule has 1 N–H and O–H groups in total. The Morgan fingerprint density at radius 3 is 2.56 bits per heavy atom. The van der Waals surface area contributed by atoms with E-state index < -0.39 is 0 Å². The SMILES string of the molecule is CN(Cc1cnccn1)C(=O)C[C@H](c1cccc(O)c1)c1cccc(Cl)c1. The molecule has 1 amide bonds. The minimum absolute atomic E-state index is 0.0334. The van der Waals surface area contributed by atoms with E-state index in [1.807, 2.05) is 24.3 Å². The number of hydrogen-bond acceptors (Lipinski definition) is 4. The van der Waals surface area contributed by atoms with Crippen LogP contribution in [0.5, 0.6) is 5.75 Å². The van der Waals surface area contributed by atoms with Gasteiger partial charge in [0.05, 0.1) is 18.4 Å². The molecule has 0 aliphatic rings. The third-order valence-electron chi connectivity index (χ3n) is 4.34. The summed E-state index contributed by atoms with van der Waals surface area (Å²) in [5.41, 5.74) is 2.51. The van der Waals surface area contributed by atoms with Gasteiger partial charge >= 0.3 is 0 Å². The number of amides is 1. The highest BCUT2D eigenvalue weighted by atomic mass is 35.5. The highest BCUT2D eigenvalue weighted by Gasteiger charge is 2.21. The van der Waals surface area contributed by atoms with Crippen molar-refractivity contribution >= 4 is 17.5 Å². The Morgan fingerprint density at radius 2 is 1.89 bits per heavy atom. The molecule has 3 aromatic rings. The number of benzene rings is 2. The van der Waals surface area contributed by atoms with Crippen LogP contribution in [-0.2, 0) is 11.3 Å². The summed E-state index contributed by atoms with van der Waals surface area (Å²) < 4.78 is 0. The topological polar surface area (TPSA) is 66.3 Å². The lowest BCUT2D eigenvalue weighted by Gasteiger charge is -2.22. The van der Waals surface area contributed by atoms with Gasteiger partial charge in [-0.05, 0) is 35.4 Å². The van der Waals surface area contributed by atoms with Gasteiger partial charge in [-0.2, -0.15) is 0 Å². The molecule has 1 atom stereocenters. The average molecular weight is 382 g/mol. The third-order valence-corrected chi connectivity index (χ3v) is 4.58. The number of aromatic hydroxyl groups is 1. The summed E-state index contributed by atoms with van der Waals surface area (Å²) in [7, 11) is 1.74. The maximum Gasteiger partial charge on any atom is 0.223 e. The van der Waals surface area contributed by atoms with Gasteiger partial charge in [0, 0.05) is 36.8 Å². The number of nitrogens with zero attached hydrogens (tertiary/aromatic N) is 3. The highest BCUT2D eigenvalue weighted by molar-refractivity contribution is 6.30. The fourth-order valence-corrected chi connectivity index (χ4v) is 3.17. The van der Waals surface area contributed by atoms with Crippen molar-refractivity contribution in [2.45, 2.75) is 18.9 Å². The van der Waals surface area contributed by atoms with Gasteiger partial charge in [0.2, 0.25) is 5.91 Å². The maximum atomic E-state index is 12.9. The molecule has 2 aromatic carbocycles. The van der Waals surface area contributed by atoms with E-state index in [4.69, 9.17) is 11.6 Å². The molecule has 5 nitrogen and oxygen atoms in total. The van der Waals surface area contributed by atoms with Crippen LogP contribution in [0.4, 0.5) is 0 Å². The van der Waals surface area contributed by atoms with Gasteiger partial charge in [0.1, 0.15) is 5.75 Å². The van der Waals surface area contributed by atoms with E-state index in [0.717, 1.165) is 16.8 Å². The van der Waals surface area contributed by atoms with Gasteiger partial charge in [-0.15, -0.1) is 0 Å². The second kappa shape index (κ2) is 8.64. The standard InChI is InChI=1S/C21H20ClN3O2/c1-25(14-18-13-23-8-9-24-18)21(27)12-20(15-4-2-6-17(22)10-15)16-5-3-7-19(26)11-16/h2-11,13,20,26H,12,14H2,1H3/t20-/m0/s1. The number of carbonyl (C=O) groups excluding carboxylic acids is 1. The second-order valence-corrected chi connectivity index (χ2v) is 6.79. The van der Waals surface area contributed by atoms with Crippen molar-refractivity contribution in [1.29, 1.82) is 0 Å². The van der Waals surface area contributed by atoms with Gasteiger partial charge in [0.25, 0.3) is 0 Å². The van der Waals surface area contributed by atoms with Gasteiger partial charge in [-0.1, -0.05) is 35.9 Å². The molecule has 0 bridgehead atoms. The summed E-state index contributed by atoms with van der Waals surface area (Å²) in [6.45, 7) is 0.384. The van der Waals surface area contributed by atoms with Crippen LogP contribution in [0, 0.1) is 0 Å². The molecule has 1 aromatic heterocycles. The van der Waals surface area contributed by atoms with Crippen LogP contribution in [-0.4, -0.2) is 32.9 Å². The smallest absolute Gasteiger partial charge is 0.223 e. The van der Waals surface area contributed by atoms with Crippen LogP contribution in [0.1, 0.15) is 29.2 Å². The molecule has 27 heavy (non-hydrogen) atoms. The lowest BCUT2D eigenvalue weighted by molar-refractivity contribution is -0.130. The van der Waals surface area contributed by atoms with Crippen LogP contribution in [0.2, 0.25) is 5.02 Å². The second-order valence-electron chi connectivity index (χ2n) is 6.35. The molecular weight excluding hydrogens is 362 g/mol. The van der Waals surface area contributed by atoms with E-state index in [1.54, 1.807) is 54.8 Å². The normalized spacial score (nSPS) is 11.8. The van der Waals surface area contributed by atoms with Crippen LogP contribution in [0.3, 0.4) is 0 Å². The quantitative estimate of drug-likeness (QED) is 0.700. The number of phenols is 1. The van der Waals surface area contributed by atoms with Crippen LogP contribution in [0.25, 0.3) is 0 Å². The summed E-state index contributed by atoms with van der Waals surface area (Å²) >= 11 is 6.15. The first kappa shape index (κ1) is 18.9. The van der Waals surface area contributed by atoms with Crippen molar-refractivity contribution in [2.24, 2.45) is 0 Å². The Morgan fingerprint density at radius 1 is 1.15 bits per heavy atom. The average Bonchev–Trinajstić information content (AvgIpc) is 2.66. The Kier molecular flexibility index (Phi) is 6.04. The van der Waals surface area contributed by atoms with E-state index in [9.17, 15) is 9.90 Å². The zero-order chi connectivity index (χ0) is 19.2. The lowest BCUT2D eigenvalue weighted by atomic mass is 9.88. The number of rotatable bonds is 6. The van der Waals surface area contributed by atoms with E-state index in [0.29, 0.717) is 11.6 Å². The molecule has 0 saturated carbocycles.